The van der Waals surface area contributed by atoms with Crippen molar-refractivity contribution in [2.45, 2.75) is 46.5 Å². The van der Waals surface area contributed by atoms with Gasteiger partial charge in [-0.15, -0.1) is 11.3 Å². The summed E-state index contributed by atoms with van der Waals surface area (Å²) in [4.78, 5) is 29.5. The molecule has 0 radical (unpaired) electrons. The van der Waals surface area contributed by atoms with Crippen molar-refractivity contribution in [3.63, 3.8) is 0 Å². The van der Waals surface area contributed by atoms with Gasteiger partial charge in [-0.2, -0.15) is 0 Å². The van der Waals surface area contributed by atoms with Gasteiger partial charge in [0.25, 0.3) is 5.91 Å². The highest BCUT2D eigenvalue weighted by molar-refractivity contribution is 7.15. The standard InChI is InChI=1S/C16H20N2O3S/c1-5-6-9(2)12-7-10(3)13(15(20)21-12)14(19)18-16-17-8-11(4)22-16/h7-9H,5-6H2,1-4H3,(H,17,18,19). The lowest BCUT2D eigenvalue weighted by Gasteiger charge is -2.11. The van der Waals surface area contributed by atoms with E-state index in [9.17, 15) is 9.59 Å². The van der Waals surface area contributed by atoms with E-state index < -0.39 is 11.5 Å². The zero-order valence-electron chi connectivity index (χ0n) is 13.2. The number of aryl methyl sites for hydroxylation is 2. The summed E-state index contributed by atoms with van der Waals surface area (Å²) in [7, 11) is 0. The molecule has 2 rings (SSSR count). The van der Waals surface area contributed by atoms with Crippen LogP contribution in [0.15, 0.2) is 21.5 Å². The Morgan fingerprint density at radius 2 is 2.18 bits per heavy atom. The Hall–Kier alpha value is -1.95. The van der Waals surface area contributed by atoms with Crippen molar-refractivity contribution in [2.24, 2.45) is 0 Å². The van der Waals surface area contributed by atoms with Crippen molar-refractivity contribution in [1.29, 1.82) is 0 Å². The molecule has 0 spiro atoms. The molecule has 5 nitrogen and oxygen atoms in total. The first-order valence-corrected chi connectivity index (χ1v) is 8.12. The van der Waals surface area contributed by atoms with Crippen molar-refractivity contribution in [3.05, 3.63) is 44.4 Å². The molecule has 22 heavy (non-hydrogen) atoms. The highest BCUT2D eigenvalue weighted by Crippen LogP contribution is 2.22. The first kappa shape index (κ1) is 16.4. The minimum atomic E-state index is -0.594. The van der Waals surface area contributed by atoms with E-state index in [1.54, 1.807) is 19.2 Å². The van der Waals surface area contributed by atoms with Crippen LogP contribution in [0.4, 0.5) is 5.13 Å². The van der Waals surface area contributed by atoms with E-state index in [1.165, 1.54) is 11.3 Å². The van der Waals surface area contributed by atoms with Gasteiger partial charge in [-0.05, 0) is 31.9 Å². The summed E-state index contributed by atoms with van der Waals surface area (Å²) in [5.41, 5.74) is 0.0732. The van der Waals surface area contributed by atoms with Crippen LogP contribution < -0.4 is 10.9 Å². The molecule has 1 N–H and O–H groups in total. The lowest BCUT2D eigenvalue weighted by molar-refractivity contribution is 0.102. The van der Waals surface area contributed by atoms with Gasteiger partial charge in [0, 0.05) is 17.0 Å². The number of carbonyl (C=O) groups excluding carboxylic acids is 1. The highest BCUT2D eigenvalue weighted by Gasteiger charge is 2.19. The first-order chi connectivity index (χ1) is 10.4. The van der Waals surface area contributed by atoms with Crippen LogP contribution in [0, 0.1) is 13.8 Å². The third kappa shape index (κ3) is 3.62. The Bertz CT molecular complexity index is 733. The van der Waals surface area contributed by atoms with Gasteiger partial charge in [-0.1, -0.05) is 20.3 Å². The number of amides is 1. The first-order valence-electron chi connectivity index (χ1n) is 7.30. The summed E-state index contributed by atoms with van der Waals surface area (Å²) in [5, 5.41) is 3.12. The fourth-order valence-corrected chi connectivity index (χ4v) is 2.96. The van der Waals surface area contributed by atoms with Gasteiger partial charge in [0.15, 0.2) is 5.13 Å². The average Bonchev–Trinajstić information content (AvgIpc) is 2.83. The number of thiazole rings is 1. The molecule has 118 valence electrons. The number of hydrogen-bond donors (Lipinski definition) is 1. The van der Waals surface area contributed by atoms with Crippen molar-refractivity contribution in [3.8, 4) is 0 Å². The Morgan fingerprint density at radius 1 is 1.45 bits per heavy atom. The number of aromatic nitrogens is 1. The summed E-state index contributed by atoms with van der Waals surface area (Å²) in [6.45, 7) is 7.75. The predicted octanol–water partition coefficient (Wildman–Crippen LogP) is 3.87. The molecule has 0 aromatic carbocycles. The van der Waals surface area contributed by atoms with Crippen LogP contribution in [-0.2, 0) is 0 Å². The lowest BCUT2D eigenvalue weighted by Crippen LogP contribution is -2.23. The van der Waals surface area contributed by atoms with E-state index >= 15 is 0 Å². The average molecular weight is 320 g/mol. The van der Waals surface area contributed by atoms with Gasteiger partial charge < -0.3 is 4.42 Å². The van der Waals surface area contributed by atoms with Gasteiger partial charge >= 0.3 is 5.63 Å². The van der Waals surface area contributed by atoms with Crippen molar-refractivity contribution in [2.75, 3.05) is 5.32 Å². The molecule has 0 aliphatic carbocycles. The number of nitrogens with one attached hydrogen (secondary N) is 1. The summed E-state index contributed by atoms with van der Waals surface area (Å²) >= 11 is 1.36. The van der Waals surface area contributed by atoms with Gasteiger partial charge in [0.2, 0.25) is 0 Å². The molecule has 0 fully saturated rings. The smallest absolute Gasteiger partial charge is 0.349 e. The van der Waals surface area contributed by atoms with Gasteiger partial charge in [-0.3, -0.25) is 10.1 Å². The lowest BCUT2D eigenvalue weighted by atomic mass is 10.0. The normalized spacial score (nSPS) is 12.2. The Kier molecular flexibility index (Phi) is 5.13. The van der Waals surface area contributed by atoms with Crippen LogP contribution in [0.2, 0.25) is 0 Å². The maximum Gasteiger partial charge on any atom is 0.349 e. The maximum atomic E-state index is 12.3. The summed E-state index contributed by atoms with van der Waals surface area (Å²) in [5.74, 6) is 0.316. The topological polar surface area (TPSA) is 72.2 Å². The molecular weight excluding hydrogens is 300 g/mol. The largest absolute Gasteiger partial charge is 0.427 e. The van der Waals surface area contributed by atoms with E-state index in [1.807, 2.05) is 13.8 Å². The SMILES string of the molecule is CCCC(C)c1cc(C)c(C(=O)Nc2ncc(C)s2)c(=O)o1. The summed E-state index contributed by atoms with van der Waals surface area (Å²) in [6.07, 6.45) is 3.62. The van der Waals surface area contributed by atoms with E-state index in [2.05, 4.69) is 17.2 Å². The zero-order valence-corrected chi connectivity index (χ0v) is 14.0. The molecule has 1 atom stereocenters. The van der Waals surface area contributed by atoms with Gasteiger partial charge in [-0.25, -0.2) is 9.78 Å². The molecule has 6 heteroatoms. The van der Waals surface area contributed by atoms with Crippen LogP contribution in [0.5, 0.6) is 0 Å². The molecule has 0 saturated carbocycles. The highest BCUT2D eigenvalue weighted by atomic mass is 32.1. The van der Waals surface area contributed by atoms with E-state index in [0.717, 1.165) is 17.7 Å². The van der Waals surface area contributed by atoms with Crippen LogP contribution in [-0.4, -0.2) is 10.9 Å². The Balaban J connectivity index is 2.27. The molecule has 1 unspecified atom stereocenters. The molecule has 0 bridgehead atoms. The quantitative estimate of drug-likeness (QED) is 0.907. The number of anilines is 1. The van der Waals surface area contributed by atoms with Crippen LogP contribution >= 0.6 is 11.3 Å². The number of nitrogens with zero attached hydrogens (tertiary/aromatic N) is 1. The number of carbonyl (C=O) groups is 1. The third-order valence-corrected chi connectivity index (χ3v) is 4.27. The second kappa shape index (κ2) is 6.87. The molecule has 2 heterocycles. The van der Waals surface area contributed by atoms with Gasteiger partial charge in [0.05, 0.1) is 0 Å². The second-order valence-electron chi connectivity index (χ2n) is 5.41. The molecule has 2 aromatic rings. The van der Waals surface area contributed by atoms with E-state index in [4.69, 9.17) is 4.42 Å². The molecular formula is C16H20N2O3S. The maximum absolute atomic E-state index is 12.3. The minimum absolute atomic E-state index is 0.0419. The number of hydrogen-bond acceptors (Lipinski definition) is 5. The van der Waals surface area contributed by atoms with Crippen LogP contribution in [0.1, 0.15) is 59.2 Å². The number of rotatable bonds is 5. The second-order valence-corrected chi connectivity index (χ2v) is 6.65. The van der Waals surface area contributed by atoms with Crippen molar-refractivity contribution < 1.29 is 9.21 Å². The summed E-state index contributed by atoms with van der Waals surface area (Å²) < 4.78 is 5.33. The predicted molar refractivity (Wildman–Crippen MR) is 87.8 cm³/mol. The molecule has 2 aromatic heterocycles. The fraction of sp³-hybridized carbons (Fsp3) is 0.438. The molecule has 0 aliphatic rings. The van der Waals surface area contributed by atoms with Crippen molar-refractivity contribution >= 4 is 22.4 Å². The molecule has 0 aliphatic heterocycles. The Morgan fingerprint density at radius 3 is 2.73 bits per heavy atom. The van der Waals surface area contributed by atoms with Gasteiger partial charge in [0.1, 0.15) is 11.3 Å². The van der Waals surface area contributed by atoms with Crippen LogP contribution in [0.25, 0.3) is 0 Å². The monoisotopic (exact) mass is 320 g/mol. The van der Waals surface area contributed by atoms with Crippen LogP contribution in [0.3, 0.4) is 0 Å². The van der Waals surface area contributed by atoms with E-state index in [0.29, 0.717) is 16.5 Å². The molecule has 0 saturated heterocycles. The fourth-order valence-electron chi connectivity index (χ4n) is 2.30. The zero-order chi connectivity index (χ0) is 16.3. The summed E-state index contributed by atoms with van der Waals surface area (Å²) in [6, 6.07) is 1.78. The van der Waals surface area contributed by atoms with Crippen molar-refractivity contribution in [1.82, 2.24) is 4.98 Å². The minimum Gasteiger partial charge on any atom is -0.427 e. The van der Waals surface area contributed by atoms with E-state index in [-0.39, 0.29) is 11.5 Å². The third-order valence-electron chi connectivity index (χ3n) is 3.44. The Labute approximate surface area is 133 Å². The molecule has 1 amide bonds.